The number of pyridine rings is 1. The van der Waals surface area contributed by atoms with Gasteiger partial charge in [-0.1, -0.05) is 12.1 Å². The summed E-state index contributed by atoms with van der Waals surface area (Å²) in [5, 5.41) is 2.80. The Morgan fingerprint density at radius 3 is 2.60 bits per heavy atom. The smallest absolute Gasteiger partial charge is 0.367 e. The summed E-state index contributed by atoms with van der Waals surface area (Å²) in [5.74, 6) is 0.945. The van der Waals surface area contributed by atoms with E-state index in [9.17, 15) is 18.0 Å². The number of alkyl halides is 3. The zero-order chi connectivity index (χ0) is 24.6. The molecule has 9 heteroatoms. The predicted octanol–water partition coefficient (Wildman–Crippen LogP) is 6.11. The molecule has 6 nitrogen and oxygen atoms in total. The maximum Gasteiger partial charge on any atom is 0.390 e. The van der Waals surface area contributed by atoms with E-state index in [2.05, 4.69) is 20.3 Å². The van der Waals surface area contributed by atoms with E-state index in [-0.39, 0.29) is 18.1 Å². The van der Waals surface area contributed by atoms with Gasteiger partial charge < -0.3 is 5.32 Å². The topological polar surface area (TPSA) is 72.2 Å². The molecule has 1 aliphatic carbocycles. The fourth-order valence-corrected chi connectivity index (χ4v) is 4.13. The summed E-state index contributed by atoms with van der Waals surface area (Å²) >= 11 is 0. The van der Waals surface area contributed by atoms with Gasteiger partial charge in [-0.25, -0.2) is 9.97 Å². The number of rotatable bonds is 8. The van der Waals surface area contributed by atoms with Crippen molar-refractivity contribution in [3.05, 3.63) is 66.2 Å². The van der Waals surface area contributed by atoms with Gasteiger partial charge in [0.05, 0.1) is 24.0 Å². The van der Waals surface area contributed by atoms with Crippen LogP contribution in [-0.2, 0) is 0 Å². The normalized spacial score (nSPS) is 13.8. The first-order valence-electron chi connectivity index (χ1n) is 11.5. The predicted molar refractivity (Wildman–Crippen MR) is 127 cm³/mol. The van der Waals surface area contributed by atoms with Crippen LogP contribution in [0.1, 0.15) is 41.6 Å². The Morgan fingerprint density at radius 1 is 1.14 bits per heavy atom. The number of carbonyl (C=O) groups excluding carboxylic acids is 1. The molecule has 0 unspecified atom stereocenters. The highest BCUT2D eigenvalue weighted by atomic mass is 19.4. The zero-order valence-corrected chi connectivity index (χ0v) is 19.1. The Morgan fingerprint density at radius 2 is 1.91 bits per heavy atom. The van der Waals surface area contributed by atoms with Crippen LogP contribution in [0.3, 0.4) is 0 Å². The molecule has 0 radical (unpaired) electrons. The highest BCUT2D eigenvalue weighted by molar-refractivity contribution is 5.98. The number of ketones is 1. The Hall–Kier alpha value is -3.75. The molecule has 0 atom stereocenters. The van der Waals surface area contributed by atoms with Gasteiger partial charge in [-0.3, -0.25) is 14.2 Å². The fourth-order valence-electron chi connectivity index (χ4n) is 4.13. The molecule has 1 N–H and O–H groups in total. The van der Waals surface area contributed by atoms with Gasteiger partial charge in [0.1, 0.15) is 0 Å². The van der Waals surface area contributed by atoms with Crippen molar-refractivity contribution >= 4 is 17.2 Å². The maximum absolute atomic E-state index is 12.7. The van der Waals surface area contributed by atoms with Crippen LogP contribution in [0.25, 0.3) is 28.2 Å². The molecule has 1 saturated carbocycles. The first kappa shape index (κ1) is 23.0. The van der Waals surface area contributed by atoms with Crippen molar-refractivity contribution in [2.45, 2.75) is 38.8 Å². The summed E-state index contributed by atoms with van der Waals surface area (Å²) in [6.45, 7) is 1.60. The molecule has 1 fully saturated rings. The lowest BCUT2D eigenvalue weighted by molar-refractivity contribution is -0.131. The Bertz CT molecular complexity index is 1380. The quantitative estimate of drug-likeness (QED) is 0.309. The Kier molecular flexibility index (Phi) is 6.00. The molecule has 180 valence electrons. The number of hydrogen-bond donors (Lipinski definition) is 1. The highest BCUT2D eigenvalue weighted by Gasteiger charge is 2.27. The van der Waals surface area contributed by atoms with E-state index in [4.69, 9.17) is 0 Å². The second-order valence-electron chi connectivity index (χ2n) is 8.94. The monoisotopic (exact) mass is 479 g/mol. The first-order valence-corrected chi connectivity index (χ1v) is 11.5. The number of carbonyl (C=O) groups is 1. The molecule has 1 aliphatic rings. The molecule has 0 bridgehead atoms. The van der Waals surface area contributed by atoms with E-state index in [0.29, 0.717) is 23.7 Å². The number of aromatic nitrogens is 4. The average molecular weight is 480 g/mol. The van der Waals surface area contributed by atoms with Crippen molar-refractivity contribution in [2.75, 3.05) is 11.9 Å². The van der Waals surface area contributed by atoms with Crippen LogP contribution < -0.4 is 5.32 Å². The number of Topliss-reactive ketones (excluding diaryl/α,β-unsaturated/α-hetero) is 1. The summed E-state index contributed by atoms with van der Waals surface area (Å²) in [5.41, 5.74) is 4.98. The van der Waals surface area contributed by atoms with Crippen LogP contribution in [-0.4, -0.2) is 37.9 Å². The number of imidazole rings is 1. The number of anilines is 1. The van der Waals surface area contributed by atoms with Gasteiger partial charge in [-0.15, -0.1) is 0 Å². The number of nitrogens with one attached hydrogen (secondary N) is 1. The Labute approximate surface area is 200 Å². The fraction of sp³-hybridized carbons (Fsp3) is 0.308. The van der Waals surface area contributed by atoms with Crippen molar-refractivity contribution in [3.63, 3.8) is 0 Å². The maximum atomic E-state index is 12.7. The van der Waals surface area contributed by atoms with Crippen molar-refractivity contribution < 1.29 is 18.0 Å². The number of aryl methyl sites for hydroxylation is 1. The molecular weight excluding hydrogens is 455 g/mol. The van der Waals surface area contributed by atoms with Crippen molar-refractivity contribution in [1.82, 2.24) is 19.4 Å². The van der Waals surface area contributed by atoms with E-state index in [1.807, 2.05) is 35.7 Å². The number of hydrogen-bond acceptors (Lipinski definition) is 5. The molecule has 0 saturated heterocycles. The summed E-state index contributed by atoms with van der Waals surface area (Å²) in [6, 6.07) is 9.26. The molecule has 3 aromatic heterocycles. The van der Waals surface area contributed by atoms with Crippen LogP contribution in [0.2, 0.25) is 0 Å². The zero-order valence-electron chi connectivity index (χ0n) is 19.1. The third-order valence-corrected chi connectivity index (χ3v) is 6.16. The van der Waals surface area contributed by atoms with E-state index >= 15 is 0 Å². The molecular formula is C26H24F3N5O. The number of benzene rings is 1. The molecule has 4 aromatic rings. The third kappa shape index (κ3) is 5.18. The van der Waals surface area contributed by atoms with Gasteiger partial charge in [0.25, 0.3) is 0 Å². The Balaban J connectivity index is 1.54. The lowest BCUT2D eigenvalue weighted by atomic mass is 9.98. The van der Waals surface area contributed by atoms with Crippen molar-refractivity contribution in [3.8, 4) is 22.5 Å². The minimum atomic E-state index is -4.28. The standard InChI is InChI=1S/C26H24F3N5O/c1-16-12-19(4-5-20(16)23(35)13-17-2-3-17)22-14-32-25-24(31-11-8-26(27,28)29)33-21(15-34(22)25)18-6-9-30-10-7-18/h4-7,9-10,12,14-15,17H,2-3,8,11,13H2,1H3,(H,31,33). The van der Waals surface area contributed by atoms with Gasteiger partial charge in [0.15, 0.2) is 17.2 Å². The minimum absolute atomic E-state index is 0.162. The van der Waals surface area contributed by atoms with Crippen LogP contribution in [0.4, 0.5) is 19.0 Å². The molecule has 0 amide bonds. The highest BCUT2D eigenvalue weighted by Crippen LogP contribution is 2.34. The van der Waals surface area contributed by atoms with Gasteiger partial charge in [-0.2, -0.15) is 13.2 Å². The van der Waals surface area contributed by atoms with E-state index in [1.54, 1.807) is 30.7 Å². The van der Waals surface area contributed by atoms with E-state index in [0.717, 1.165) is 40.8 Å². The second-order valence-corrected chi connectivity index (χ2v) is 8.94. The number of fused-ring (bicyclic) bond motifs is 1. The average Bonchev–Trinajstić information content (AvgIpc) is 3.53. The van der Waals surface area contributed by atoms with Gasteiger partial charge in [-0.05, 0) is 49.4 Å². The number of halogens is 3. The van der Waals surface area contributed by atoms with E-state index in [1.165, 1.54) is 0 Å². The lowest BCUT2D eigenvalue weighted by Gasteiger charge is -2.13. The molecule has 35 heavy (non-hydrogen) atoms. The van der Waals surface area contributed by atoms with Crippen LogP contribution >= 0.6 is 0 Å². The van der Waals surface area contributed by atoms with Gasteiger partial charge in [0.2, 0.25) is 0 Å². The molecule has 5 rings (SSSR count). The van der Waals surface area contributed by atoms with Crippen molar-refractivity contribution in [1.29, 1.82) is 0 Å². The molecule has 1 aromatic carbocycles. The summed E-state index contributed by atoms with van der Waals surface area (Å²) in [7, 11) is 0. The van der Waals surface area contributed by atoms with Crippen LogP contribution in [0.15, 0.2) is 55.1 Å². The molecule has 0 spiro atoms. The molecule has 0 aliphatic heterocycles. The second kappa shape index (κ2) is 9.13. The van der Waals surface area contributed by atoms with Crippen LogP contribution in [0, 0.1) is 12.8 Å². The largest absolute Gasteiger partial charge is 0.390 e. The number of nitrogens with zero attached hydrogens (tertiary/aromatic N) is 4. The minimum Gasteiger partial charge on any atom is -0.367 e. The lowest BCUT2D eigenvalue weighted by Crippen LogP contribution is -2.16. The van der Waals surface area contributed by atoms with Gasteiger partial charge >= 0.3 is 6.18 Å². The van der Waals surface area contributed by atoms with Crippen molar-refractivity contribution in [2.24, 2.45) is 5.92 Å². The van der Waals surface area contributed by atoms with Gasteiger partial charge in [0, 0.05) is 48.2 Å². The SMILES string of the molecule is Cc1cc(-c2cnc3c(NCCC(F)(F)F)nc(-c4ccncc4)cn23)ccc1C(=O)CC1CC1. The first-order chi connectivity index (χ1) is 16.8. The third-order valence-electron chi connectivity index (χ3n) is 6.16. The van der Waals surface area contributed by atoms with Crippen LogP contribution in [0.5, 0.6) is 0 Å². The summed E-state index contributed by atoms with van der Waals surface area (Å²) in [4.78, 5) is 25.7. The summed E-state index contributed by atoms with van der Waals surface area (Å²) < 4.78 is 40.0. The van der Waals surface area contributed by atoms with E-state index < -0.39 is 12.6 Å². The molecule has 3 heterocycles. The summed E-state index contributed by atoms with van der Waals surface area (Å²) in [6.07, 6.45) is 4.32.